The quantitative estimate of drug-likeness (QED) is 0.907. The highest BCUT2D eigenvalue weighted by Gasteiger charge is 2.24. The standard InChI is InChI=1S/C11H14BrClN2O2S/c12-11-9(13)5-4-6-10(11)14-18(16,17)15-7-2-1-3-8-15/h4-6,14H,1-3,7-8H2. The van der Waals surface area contributed by atoms with E-state index >= 15 is 0 Å². The van der Waals surface area contributed by atoms with Gasteiger partial charge in [0.1, 0.15) is 0 Å². The van der Waals surface area contributed by atoms with Gasteiger partial charge in [-0.2, -0.15) is 12.7 Å². The van der Waals surface area contributed by atoms with Crippen molar-refractivity contribution < 1.29 is 8.42 Å². The maximum Gasteiger partial charge on any atom is 0.301 e. The minimum atomic E-state index is -3.48. The van der Waals surface area contributed by atoms with Crippen molar-refractivity contribution in [1.82, 2.24) is 4.31 Å². The summed E-state index contributed by atoms with van der Waals surface area (Å²) in [6.07, 6.45) is 2.92. The molecule has 4 nitrogen and oxygen atoms in total. The van der Waals surface area contributed by atoms with E-state index < -0.39 is 10.2 Å². The Kier molecular flexibility index (Phi) is 4.53. The molecule has 2 rings (SSSR count). The van der Waals surface area contributed by atoms with Crippen molar-refractivity contribution in [3.63, 3.8) is 0 Å². The number of piperidine rings is 1. The van der Waals surface area contributed by atoms with Crippen molar-refractivity contribution in [2.24, 2.45) is 0 Å². The molecule has 0 atom stereocenters. The van der Waals surface area contributed by atoms with Gasteiger partial charge in [-0.3, -0.25) is 4.72 Å². The number of benzene rings is 1. The van der Waals surface area contributed by atoms with Crippen LogP contribution in [0.1, 0.15) is 19.3 Å². The van der Waals surface area contributed by atoms with Crippen molar-refractivity contribution in [3.8, 4) is 0 Å². The summed E-state index contributed by atoms with van der Waals surface area (Å²) in [5.41, 5.74) is 0.466. The van der Waals surface area contributed by atoms with Crippen LogP contribution in [0, 0.1) is 0 Å². The molecule has 7 heteroatoms. The summed E-state index contributed by atoms with van der Waals surface area (Å²) < 4.78 is 28.9. The molecule has 18 heavy (non-hydrogen) atoms. The normalized spacial score (nSPS) is 17.7. The Bertz CT molecular complexity index is 530. The molecule has 0 spiro atoms. The van der Waals surface area contributed by atoms with E-state index in [1.165, 1.54) is 4.31 Å². The van der Waals surface area contributed by atoms with Crippen LogP contribution in [0.5, 0.6) is 0 Å². The van der Waals surface area contributed by atoms with E-state index in [1.54, 1.807) is 18.2 Å². The lowest BCUT2D eigenvalue weighted by molar-refractivity contribution is 0.349. The number of nitrogens with zero attached hydrogens (tertiary/aromatic N) is 1. The zero-order valence-corrected chi connectivity index (χ0v) is 12.9. The van der Waals surface area contributed by atoms with Crippen LogP contribution in [-0.2, 0) is 10.2 Å². The zero-order chi connectivity index (χ0) is 13.2. The molecular weight excluding hydrogens is 340 g/mol. The summed E-state index contributed by atoms with van der Waals surface area (Å²) in [5.74, 6) is 0. The average molecular weight is 354 g/mol. The third kappa shape index (κ3) is 3.17. The highest BCUT2D eigenvalue weighted by atomic mass is 79.9. The third-order valence-corrected chi connectivity index (χ3v) is 5.77. The molecule has 1 aromatic carbocycles. The minimum Gasteiger partial charge on any atom is -0.270 e. The predicted octanol–water partition coefficient (Wildman–Crippen LogP) is 3.25. The molecule has 1 fully saturated rings. The number of hydrogen-bond donors (Lipinski definition) is 1. The first-order valence-corrected chi connectivity index (χ1v) is 8.34. The topological polar surface area (TPSA) is 49.4 Å². The zero-order valence-electron chi connectivity index (χ0n) is 9.70. The van der Waals surface area contributed by atoms with Gasteiger partial charge in [-0.1, -0.05) is 24.1 Å². The van der Waals surface area contributed by atoms with Gasteiger partial charge in [-0.15, -0.1) is 0 Å². The molecule has 0 aliphatic carbocycles. The molecule has 0 bridgehead atoms. The first kappa shape index (κ1) is 14.1. The fourth-order valence-corrected chi connectivity index (χ4v) is 3.88. The number of halogens is 2. The fraction of sp³-hybridized carbons (Fsp3) is 0.455. The van der Waals surface area contributed by atoms with E-state index in [0.29, 0.717) is 28.3 Å². The molecule has 0 unspecified atom stereocenters. The molecule has 0 radical (unpaired) electrons. The summed E-state index contributed by atoms with van der Waals surface area (Å²) in [7, 11) is -3.48. The monoisotopic (exact) mass is 352 g/mol. The highest BCUT2D eigenvalue weighted by molar-refractivity contribution is 9.10. The average Bonchev–Trinajstić information content (AvgIpc) is 2.36. The Hall–Kier alpha value is -0.300. The van der Waals surface area contributed by atoms with Crippen LogP contribution in [0.3, 0.4) is 0 Å². The minimum absolute atomic E-state index is 0.466. The van der Waals surface area contributed by atoms with Crippen LogP contribution in [0.2, 0.25) is 5.02 Å². The second kappa shape index (κ2) is 5.77. The first-order valence-electron chi connectivity index (χ1n) is 5.72. The fourth-order valence-electron chi connectivity index (χ4n) is 1.89. The van der Waals surface area contributed by atoms with E-state index in [4.69, 9.17) is 11.6 Å². The lowest BCUT2D eigenvalue weighted by Crippen LogP contribution is -2.39. The van der Waals surface area contributed by atoms with E-state index in [1.807, 2.05) is 0 Å². The molecule has 1 heterocycles. The van der Waals surface area contributed by atoms with Gasteiger partial charge in [0.25, 0.3) is 0 Å². The van der Waals surface area contributed by atoms with Crippen LogP contribution in [0.4, 0.5) is 5.69 Å². The summed E-state index contributed by atoms with van der Waals surface area (Å²) >= 11 is 9.21. The number of hydrogen-bond acceptors (Lipinski definition) is 2. The van der Waals surface area contributed by atoms with Gasteiger partial charge in [0.15, 0.2) is 0 Å². The number of nitrogens with one attached hydrogen (secondary N) is 1. The van der Waals surface area contributed by atoms with Gasteiger partial charge >= 0.3 is 10.2 Å². The smallest absolute Gasteiger partial charge is 0.270 e. The molecule has 1 aliphatic heterocycles. The largest absolute Gasteiger partial charge is 0.301 e. The van der Waals surface area contributed by atoms with Crippen molar-refractivity contribution in [3.05, 3.63) is 27.7 Å². The SMILES string of the molecule is O=S(=O)(Nc1cccc(Cl)c1Br)N1CCCCC1. The molecule has 1 N–H and O–H groups in total. The van der Waals surface area contributed by atoms with Gasteiger partial charge in [0.05, 0.1) is 15.2 Å². The molecule has 0 saturated carbocycles. The molecule has 100 valence electrons. The lowest BCUT2D eigenvalue weighted by Gasteiger charge is -2.26. The van der Waals surface area contributed by atoms with Crippen molar-refractivity contribution in [2.45, 2.75) is 19.3 Å². The number of anilines is 1. The lowest BCUT2D eigenvalue weighted by atomic mass is 10.2. The van der Waals surface area contributed by atoms with Gasteiger partial charge < -0.3 is 0 Å². The number of rotatable bonds is 3. The van der Waals surface area contributed by atoms with E-state index in [2.05, 4.69) is 20.7 Å². The van der Waals surface area contributed by atoms with Gasteiger partial charge in [-0.05, 0) is 40.9 Å². The van der Waals surface area contributed by atoms with Crippen LogP contribution >= 0.6 is 27.5 Å². The van der Waals surface area contributed by atoms with E-state index in [9.17, 15) is 8.42 Å². The van der Waals surface area contributed by atoms with Gasteiger partial charge in [-0.25, -0.2) is 0 Å². The van der Waals surface area contributed by atoms with E-state index in [-0.39, 0.29) is 0 Å². The Morgan fingerprint density at radius 3 is 2.56 bits per heavy atom. The second-order valence-corrected chi connectivity index (χ2v) is 7.04. The Labute approximate surface area is 121 Å². The van der Waals surface area contributed by atoms with Crippen LogP contribution < -0.4 is 4.72 Å². The highest BCUT2D eigenvalue weighted by Crippen LogP contribution is 2.31. The Morgan fingerprint density at radius 2 is 1.89 bits per heavy atom. The molecule has 1 aliphatic rings. The van der Waals surface area contributed by atoms with Crippen LogP contribution in [-0.4, -0.2) is 25.8 Å². The molecule has 0 amide bonds. The maximum atomic E-state index is 12.2. The van der Waals surface area contributed by atoms with Crippen molar-refractivity contribution in [2.75, 3.05) is 17.8 Å². The third-order valence-electron chi connectivity index (χ3n) is 2.85. The first-order chi connectivity index (χ1) is 8.50. The molecular formula is C11H14BrClN2O2S. The van der Waals surface area contributed by atoms with Crippen LogP contribution in [0.15, 0.2) is 22.7 Å². The van der Waals surface area contributed by atoms with Crippen molar-refractivity contribution in [1.29, 1.82) is 0 Å². The summed E-state index contributed by atoms with van der Waals surface area (Å²) in [4.78, 5) is 0. The molecule has 1 aromatic rings. The van der Waals surface area contributed by atoms with Crippen molar-refractivity contribution >= 4 is 43.4 Å². The molecule has 1 saturated heterocycles. The predicted molar refractivity (Wildman–Crippen MR) is 77.1 cm³/mol. The van der Waals surface area contributed by atoms with Gasteiger partial charge in [0, 0.05) is 13.1 Å². The van der Waals surface area contributed by atoms with Crippen LogP contribution in [0.25, 0.3) is 0 Å². The summed E-state index contributed by atoms with van der Waals surface area (Å²) in [5, 5.41) is 0.480. The summed E-state index contributed by atoms with van der Waals surface area (Å²) in [6.45, 7) is 1.15. The summed E-state index contributed by atoms with van der Waals surface area (Å²) in [6, 6.07) is 5.09. The Morgan fingerprint density at radius 1 is 1.22 bits per heavy atom. The molecule has 0 aromatic heterocycles. The second-order valence-electron chi connectivity index (χ2n) is 4.17. The Balaban J connectivity index is 2.19. The maximum absolute atomic E-state index is 12.2. The van der Waals surface area contributed by atoms with E-state index in [0.717, 1.165) is 19.3 Å². The van der Waals surface area contributed by atoms with Gasteiger partial charge in [0.2, 0.25) is 0 Å².